The molecule has 0 aliphatic heterocycles. The average Bonchev–Trinajstić information content (AvgIpc) is 2.80. The van der Waals surface area contributed by atoms with Gasteiger partial charge in [0.05, 0.1) is 28.9 Å². The Balaban J connectivity index is 2.28. The van der Waals surface area contributed by atoms with Crippen molar-refractivity contribution in [2.45, 2.75) is 32.7 Å². The third-order valence-electron chi connectivity index (χ3n) is 2.81. The van der Waals surface area contributed by atoms with Crippen LogP contribution in [-0.4, -0.2) is 27.2 Å². The van der Waals surface area contributed by atoms with Crippen molar-refractivity contribution in [3.05, 3.63) is 40.3 Å². The minimum atomic E-state index is -4.52. The number of rotatable bonds is 5. The highest BCUT2D eigenvalue weighted by atomic mass is 35.5. The van der Waals surface area contributed by atoms with Gasteiger partial charge >= 0.3 is 6.18 Å². The smallest absolute Gasteiger partial charge is 0.417 e. The monoisotopic (exact) mass is 347 g/mol. The maximum atomic E-state index is 12.6. The van der Waals surface area contributed by atoms with Crippen molar-refractivity contribution in [2.75, 3.05) is 0 Å². The standard InChI is InChI=1S/C14H13ClF3N3O2/c1-8(2)23-13-4-10(7-22)21(20-13)6-12-11(15)3-9(5-19-12)14(16,17)18/h3-5,7-8H,6H2,1-2H3. The van der Waals surface area contributed by atoms with Crippen molar-refractivity contribution >= 4 is 17.9 Å². The Kier molecular flexibility index (Phi) is 4.93. The van der Waals surface area contributed by atoms with Gasteiger partial charge in [-0.3, -0.25) is 14.5 Å². The summed E-state index contributed by atoms with van der Waals surface area (Å²) in [6.07, 6.45) is -3.40. The summed E-state index contributed by atoms with van der Waals surface area (Å²) < 4.78 is 44.4. The van der Waals surface area contributed by atoms with Gasteiger partial charge in [-0.2, -0.15) is 13.2 Å². The summed E-state index contributed by atoms with van der Waals surface area (Å²) in [4.78, 5) is 14.8. The summed E-state index contributed by atoms with van der Waals surface area (Å²) in [5.41, 5.74) is -0.563. The SMILES string of the molecule is CC(C)Oc1cc(C=O)n(Cc2ncc(C(F)(F)F)cc2Cl)n1. The van der Waals surface area contributed by atoms with E-state index in [0.29, 0.717) is 12.5 Å². The first-order chi connectivity index (χ1) is 10.7. The van der Waals surface area contributed by atoms with E-state index in [2.05, 4.69) is 10.1 Å². The topological polar surface area (TPSA) is 57.0 Å². The van der Waals surface area contributed by atoms with Crippen LogP contribution in [0.3, 0.4) is 0 Å². The lowest BCUT2D eigenvalue weighted by atomic mass is 10.2. The molecular formula is C14H13ClF3N3O2. The number of nitrogens with zero attached hydrogens (tertiary/aromatic N) is 3. The van der Waals surface area contributed by atoms with Crippen molar-refractivity contribution in [3.8, 4) is 5.88 Å². The molecule has 2 rings (SSSR count). The van der Waals surface area contributed by atoms with Gasteiger partial charge in [-0.1, -0.05) is 11.6 Å². The number of aldehydes is 1. The lowest BCUT2D eigenvalue weighted by molar-refractivity contribution is -0.137. The van der Waals surface area contributed by atoms with Gasteiger partial charge < -0.3 is 4.74 Å². The lowest BCUT2D eigenvalue weighted by Crippen LogP contribution is -2.11. The van der Waals surface area contributed by atoms with Crippen LogP contribution < -0.4 is 4.74 Å². The summed E-state index contributed by atoms with van der Waals surface area (Å²) in [5.74, 6) is 0.241. The molecule has 23 heavy (non-hydrogen) atoms. The lowest BCUT2D eigenvalue weighted by Gasteiger charge is -2.10. The molecule has 0 saturated carbocycles. The van der Waals surface area contributed by atoms with E-state index in [9.17, 15) is 18.0 Å². The third-order valence-corrected chi connectivity index (χ3v) is 3.14. The molecule has 124 valence electrons. The molecule has 0 atom stereocenters. The summed E-state index contributed by atoms with van der Waals surface area (Å²) >= 11 is 5.85. The quantitative estimate of drug-likeness (QED) is 0.775. The number of carbonyl (C=O) groups excluding carboxylic acids is 1. The number of hydrogen-bond donors (Lipinski definition) is 0. The first-order valence-electron chi connectivity index (χ1n) is 6.62. The zero-order chi connectivity index (χ0) is 17.2. The Morgan fingerprint density at radius 3 is 2.61 bits per heavy atom. The van der Waals surface area contributed by atoms with E-state index >= 15 is 0 Å². The van der Waals surface area contributed by atoms with Crippen LogP contribution in [0.1, 0.15) is 35.6 Å². The van der Waals surface area contributed by atoms with Crippen LogP contribution in [0.2, 0.25) is 5.02 Å². The van der Waals surface area contributed by atoms with Crippen molar-refractivity contribution in [3.63, 3.8) is 0 Å². The van der Waals surface area contributed by atoms with E-state index in [1.807, 2.05) is 0 Å². The van der Waals surface area contributed by atoms with Gasteiger partial charge in [0, 0.05) is 12.3 Å². The Morgan fingerprint density at radius 1 is 1.39 bits per heavy atom. The Hall–Kier alpha value is -2.09. The van der Waals surface area contributed by atoms with Crippen LogP contribution in [-0.2, 0) is 12.7 Å². The maximum Gasteiger partial charge on any atom is 0.417 e. The molecule has 9 heteroatoms. The van der Waals surface area contributed by atoms with E-state index in [0.717, 1.165) is 6.07 Å². The minimum absolute atomic E-state index is 0.0491. The molecule has 0 spiro atoms. The van der Waals surface area contributed by atoms with Crippen molar-refractivity contribution in [1.82, 2.24) is 14.8 Å². The second kappa shape index (κ2) is 6.57. The number of aromatic nitrogens is 3. The molecule has 2 aromatic rings. The fraction of sp³-hybridized carbons (Fsp3) is 0.357. The number of carbonyl (C=O) groups is 1. The predicted molar refractivity (Wildman–Crippen MR) is 76.7 cm³/mol. The molecule has 2 heterocycles. The van der Waals surface area contributed by atoms with Crippen LogP contribution in [0.15, 0.2) is 18.3 Å². The molecule has 0 aliphatic rings. The van der Waals surface area contributed by atoms with Crippen LogP contribution in [0.5, 0.6) is 5.88 Å². The van der Waals surface area contributed by atoms with E-state index < -0.39 is 11.7 Å². The van der Waals surface area contributed by atoms with Gasteiger partial charge in [-0.05, 0) is 19.9 Å². The van der Waals surface area contributed by atoms with Crippen LogP contribution >= 0.6 is 11.6 Å². The zero-order valence-electron chi connectivity index (χ0n) is 12.3. The second-order valence-electron chi connectivity index (χ2n) is 5.00. The minimum Gasteiger partial charge on any atom is -0.474 e. The number of pyridine rings is 1. The molecule has 0 fully saturated rings. The summed E-state index contributed by atoms with van der Waals surface area (Å²) in [6.45, 7) is 3.55. The highest BCUT2D eigenvalue weighted by molar-refractivity contribution is 6.31. The van der Waals surface area contributed by atoms with E-state index in [-0.39, 0.29) is 34.9 Å². The number of halogens is 4. The average molecular weight is 348 g/mol. The first kappa shape index (κ1) is 17.3. The Labute approximate surface area is 135 Å². The molecule has 0 unspecified atom stereocenters. The van der Waals surface area contributed by atoms with E-state index in [1.165, 1.54) is 10.7 Å². The molecule has 0 saturated heterocycles. The first-order valence-corrected chi connectivity index (χ1v) is 6.99. The Morgan fingerprint density at radius 2 is 2.09 bits per heavy atom. The molecule has 0 amide bonds. The number of ether oxygens (including phenoxy) is 1. The molecule has 5 nitrogen and oxygen atoms in total. The molecule has 2 aromatic heterocycles. The zero-order valence-corrected chi connectivity index (χ0v) is 13.0. The molecular weight excluding hydrogens is 335 g/mol. The number of hydrogen-bond acceptors (Lipinski definition) is 4. The Bertz CT molecular complexity index is 714. The predicted octanol–water partition coefficient (Wildman–Crippen LogP) is 3.60. The van der Waals surface area contributed by atoms with Gasteiger partial charge in [-0.15, -0.1) is 5.10 Å². The molecule has 0 bridgehead atoms. The van der Waals surface area contributed by atoms with Crippen molar-refractivity contribution < 1.29 is 22.7 Å². The summed E-state index contributed by atoms with van der Waals surface area (Å²) in [6, 6.07) is 2.23. The van der Waals surface area contributed by atoms with Gasteiger partial charge in [0.1, 0.15) is 5.69 Å². The van der Waals surface area contributed by atoms with Gasteiger partial charge in [0.2, 0.25) is 5.88 Å². The fourth-order valence-corrected chi connectivity index (χ4v) is 2.03. The van der Waals surface area contributed by atoms with Gasteiger partial charge in [-0.25, -0.2) is 0 Å². The molecule has 0 aromatic carbocycles. The third kappa shape index (κ3) is 4.22. The van der Waals surface area contributed by atoms with Crippen molar-refractivity contribution in [2.24, 2.45) is 0 Å². The highest BCUT2D eigenvalue weighted by Gasteiger charge is 2.31. The summed E-state index contributed by atoms with van der Waals surface area (Å²) in [5, 5.41) is 3.92. The number of alkyl halides is 3. The molecule has 0 radical (unpaired) electrons. The normalized spacial score (nSPS) is 11.8. The van der Waals surface area contributed by atoms with Crippen LogP contribution in [0, 0.1) is 0 Å². The van der Waals surface area contributed by atoms with Crippen molar-refractivity contribution in [1.29, 1.82) is 0 Å². The van der Waals surface area contributed by atoms with E-state index in [4.69, 9.17) is 16.3 Å². The van der Waals surface area contributed by atoms with Crippen LogP contribution in [0.4, 0.5) is 13.2 Å². The largest absolute Gasteiger partial charge is 0.474 e. The van der Waals surface area contributed by atoms with Gasteiger partial charge in [0.25, 0.3) is 0 Å². The maximum absolute atomic E-state index is 12.6. The van der Waals surface area contributed by atoms with E-state index in [1.54, 1.807) is 13.8 Å². The van der Waals surface area contributed by atoms with Crippen LogP contribution in [0.25, 0.3) is 0 Å². The molecule has 0 aliphatic carbocycles. The highest BCUT2D eigenvalue weighted by Crippen LogP contribution is 2.31. The van der Waals surface area contributed by atoms with Gasteiger partial charge in [0.15, 0.2) is 6.29 Å². The second-order valence-corrected chi connectivity index (χ2v) is 5.41. The molecule has 0 N–H and O–H groups in total. The fourth-order valence-electron chi connectivity index (χ4n) is 1.81. The summed E-state index contributed by atoms with van der Waals surface area (Å²) in [7, 11) is 0.